The summed E-state index contributed by atoms with van der Waals surface area (Å²) >= 11 is 0. The van der Waals surface area contributed by atoms with Crippen LogP contribution in [0.4, 0.5) is 5.69 Å². The van der Waals surface area contributed by atoms with Crippen molar-refractivity contribution in [2.45, 2.75) is 47.0 Å². The number of amides is 1. The minimum Gasteiger partial charge on any atom is -0.399 e. The third-order valence-corrected chi connectivity index (χ3v) is 5.82. The van der Waals surface area contributed by atoms with Gasteiger partial charge >= 0.3 is 0 Å². The van der Waals surface area contributed by atoms with Gasteiger partial charge in [-0.25, -0.2) is 0 Å². The topological polar surface area (TPSA) is 55.1 Å². The summed E-state index contributed by atoms with van der Waals surface area (Å²) < 4.78 is 0. The number of benzene rings is 1. The third kappa shape index (κ3) is 3.07. The Morgan fingerprint density at radius 2 is 1.71 bits per heavy atom. The molecule has 1 amide bonds. The van der Waals surface area contributed by atoms with E-state index in [0.29, 0.717) is 23.2 Å². The quantitative estimate of drug-likeness (QED) is 0.814. The van der Waals surface area contributed by atoms with Crippen molar-refractivity contribution in [3.8, 4) is 0 Å². The number of anilines is 1. The van der Waals surface area contributed by atoms with Crippen LogP contribution in [0.25, 0.3) is 0 Å². The van der Waals surface area contributed by atoms with Crippen LogP contribution in [0.15, 0.2) is 24.3 Å². The van der Waals surface area contributed by atoms with Crippen molar-refractivity contribution in [3.05, 3.63) is 29.8 Å². The maximum Gasteiger partial charge on any atom is 0.220 e. The molecule has 0 heterocycles. The van der Waals surface area contributed by atoms with Gasteiger partial charge in [0.1, 0.15) is 0 Å². The molecule has 3 heteroatoms. The number of nitrogens with two attached hydrogens (primary N) is 1. The molecule has 21 heavy (non-hydrogen) atoms. The van der Waals surface area contributed by atoms with Crippen molar-refractivity contribution in [3.63, 3.8) is 0 Å². The Morgan fingerprint density at radius 3 is 2.19 bits per heavy atom. The summed E-state index contributed by atoms with van der Waals surface area (Å²) in [6.07, 6.45) is 0.525. The SMILES string of the molecule is CC(CC(=O)NCC1C(C)(C)C1(C)C)c1ccc(N)cc1. The summed E-state index contributed by atoms with van der Waals surface area (Å²) in [7, 11) is 0. The van der Waals surface area contributed by atoms with Gasteiger partial charge in [0.25, 0.3) is 0 Å². The first-order chi connectivity index (χ1) is 9.66. The molecule has 0 saturated heterocycles. The highest BCUT2D eigenvalue weighted by atomic mass is 16.1. The number of nitrogen functional groups attached to an aromatic ring is 1. The number of rotatable bonds is 5. The molecule has 3 nitrogen and oxygen atoms in total. The summed E-state index contributed by atoms with van der Waals surface area (Å²) in [4.78, 5) is 12.1. The standard InChI is InChI=1S/C18H28N2O/c1-12(13-6-8-14(19)9-7-13)10-16(21)20-11-15-17(2,3)18(15,4)5/h6-9,12,15H,10-11,19H2,1-5H3,(H,20,21). The molecule has 2 rings (SSSR count). The fourth-order valence-corrected chi connectivity index (χ4v) is 3.35. The summed E-state index contributed by atoms with van der Waals surface area (Å²) in [5.41, 5.74) is 8.25. The van der Waals surface area contributed by atoms with Gasteiger partial charge in [0.15, 0.2) is 0 Å². The Balaban J connectivity index is 1.81. The molecule has 1 saturated carbocycles. The number of carbonyl (C=O) groups excluding carboxylic acids is 1. The van der Waals surface area contributed by atoms with Crippen molar-refractivity contribution in [1.29, 1.82) is 0 Å². The molecule has 1 aromatic rings. The van der Waals surface area contributed by atoms with E-state index in [-0.39, 0.29) is 11.8 Å². The van der Waals surface area contributed by atoms with Gasteiger partial charge in [-0.2, -0.15) is 0 Å². The highest BCUT2D eigenvalue weighted by Gasteiger charge is 2.64. The van der Waals surface area contributed by atoms with E-state index < -0.39 is 0 Å². The van der Waals surface area contributed by atoms with Crippen LogP contribution in [0.1, 0.15) is 52.5 Å². The van der Waals surface area contributed by atoms with E-state index in [9.17, 15) is 4.79 Å². The lowest BCUT2D eigenvalue weighted by atomic mass is 9.97. The highest BCUT2D eigenvalue weighted by molar-refractivity contribution is 5.76. The average Bonchev–Trinajstić information content (AvgIpc) is 2.77. The Bertz CT molecular complexity index is 503. The monoisotopic (exact) mass is 288 g/mol. The van der Waals surface area contributed by atoms with Crippen LogP contribution in [0.2, 0.25) is 0 Å². The minimum absolute atomic E-state index is 0.137. The van der Waals surface area contributed by atoms with E-state index >= 15 is 0 Å². The van der Waals surface area contributed by atoms with E-state index in [0.717, 1.165) is 17.8 Å². The molecule has 116 valence electrons. The maximum atomic E-state index is 12.1. The van der Waals surface area contributed by atoms with Crippen LogP contribution in [0.3, 0.4) is 0 Å². The largest absolute Gasteiger partial charge is 0.399 e. The summed E-state index contributed by atoms with van der Waals surface area (Å²) in [6, 6.07) is 7.78. The predicted octanol–water partition coefficient (Wildman–Crippen LogP) is 3.56. The molecule has 1 atom stereocenters. The molecule has 1 aliphatic carbocycles. The van der Waals surface area contributed by atoms with Crippen molar-refractivity contribution < 1.29 is 4.79 Å². The fraction of sp³-hybridized carbons (Fsp3) is 0.611. The van der Waals surface area contributed by atoms with Crippen LogP contribution >= 0.6 is 0 Å². The Morgan fingerprint density at radius 1 is 1.19 bits per heavy atom. The van der Waals surface area contributed by atoms with E-state index in [1.165, 1.54) is 0 Å². The van der Waals surface area contributed by atoms with Gasteiger partial charge in [0.05, 0.1) is 0 Å². The van der Waals surface area contributed by atoms with Crippen molar-refractivity contribution in [1.82, 2.24) is 5.32 Å². The fourth-order valence-electron chi connectivity index (χ4n) is 3.35. The number of carbonyl (C=O) groups is 1. The molecule has 1 aromatic carbocycles. The maximum absolute atomic E-state index is 12.1. The lowest BCUT2D eigenvalue weighted by Gasteiger charge is -2.13. The lowest BCUT2D eigenvalue weighted by molar-refractivity contribution is -0.121. The molecular formula is C18H28N2O. The van der Waals surface area contributed by atoms with Crippen LogP contribution in [0, 0.1) is 16.7 Å². The van der Waals surface area contributed by atoms with Crippen LogP contribution < -0.4 is 11.1 Å². The van der Waals surface area contributed by atoms with Crippen molar-refractivity contribution >= 4 is 11.6 Å². The van der Waals surface area contributed by atoms with Gasteiger partial charge in [0.2, 0.25) is 5.91 Å². The van der Waals surface area contributed by atoms with Crippen LogP contribution in [0.5, 0.6) is 0 Å². The smallest absolute Gasteiger partial charge is 0.220 e. The summed E-state index contributed by atoms with van der Waals surface area (Å²) in [6.45, 7) is 12.0. The summed E-state index contributed by atoms with van der Waals surface area (Å²) in [5.74, 6) is 0.921. The second-order valence-corrected chi connectivity index (χ2v) is 7.57. The molecule has 1 aliphatic rings. The Kier molecular flexibility index (Phi) is 4.05. The first-order valence-electron chi connectivity index (χ1n) is 7.78. The number of hydrogen-bond acceptors (Lipinski definition) is 2. The van der Waals surface area contributed by atoms with Gasteiger partial charge in [-0.15, -0.1) is 0 Å². The van der Waals surface area contributed by atoms with E-state index in [1.807, 2.05) is 24.3 Å². The van der Waals surface area contributed by atoms with Gasteiger partial charge in [-0.1, -0.05) is 46.8 Å². The predicted molar refractivity (Wildman–Crippen MR) is 87.9 cm³/mol. The molecule has 0 aliphatic heterocycles. The molecule has 0 bridgehead atoms. The first kappa shape index (κ1) is 15.9. The van der Waals surface area contributed by atoms with E-state index in [4.69, 9.17) is 5.73 Å². The minimum atomic E-state index is 0.137. The van der Waals surface area contributed by atoms with Crippen LogP contribution in [-0.4, -0.2) is 12.5 Å². The van der Waals surface area contributed by atoms with Gasteiger partial charge in [0, 0.05) is 18.7 Å². The molecule has 0 aromatic heterocycles. The van der Waals surface area contributed by atoms with E-state index in [2.05, 4.69) is 39.9 Å². The molecule has 0 radical (unpaired) electrons. The number of nitrogens with one attached hydrogen (secondary N) is 1. The molecule has 3 N–H and O–H groups in total. The molecule has 0 spiro atoms. The molecule has 1 fully saturated rings. The van der Waals surface area contributed by atoms with E-state index in [1.54, 1.807) is 0 Å². The lowest BCUT2D eigenvalue weighted by Crippen LogP contribution is -2.28. The van der Waals surface area contributed by atoms with Crippen molar-refractivity contribution in [2.75, 3.05) is 12.3 Å². The number of hydrogen-bond donors (Lipinski definition) is 2. The second kappa shape index (κ2) is 5.36. The molecular weight excluding hydrogens is 260 g/mol. The zero-order valence-corrected chi connectivity index (χ0v) is 13.9. The third-order valence-electron chi connectivity index (χ3n) is 5.82. The first-order valence-corrected chi connectivity index (χ1v) is 7.78. The van der Waals surface area contributed by atoms with Gasteiger partial charge in [-0.3, -0.25) is 4.79 Å². The Labute approximate surface area is 128 Å². The second-order valence-electron chi connectivity index (χ2n) is 7.57. The Hall–Kier alpha value is -1.51. The van der Waals surface area contributed by atoms with Crippen molar-refractivity contribution in [2.24, 2.45) is 16.7 Å². The zero-order valence-electron chi connectivity index (χ0n) is 13.9. The van der Waals surface area contributed by atoms with Gasteiger partial charge < -0.3 is 11.1 Å². The highest BCUT2D eigenvalue weighted by Crippen LogP contribution is 2.67. The van der Waals surface area contributed by atoms with Crippen LogP contribution in [-0.2, 0) is 4.79 Å². The average molecular weight is 288 g/mol. The normalized spacial score (nSPS) is 20.8. The molecule has 1 unspecified atom stereocenters. The van der Waals surface area contributed by atoms with Gasteiger partial charge in [-0.05, 0) is 40.4 Å². The summed E-state index contributed by atoms with van der Waals surface area (Å²) in [5, 5.41) is 3.10. The zero-order chi connectivity index (χ0) is 15.8.